The highest BCUT2D eigenvalue weighted by Crippen LogP contribution is 2.31. The summed E-state index contributed by atoms with van der Waals surface area (Å²) in [5.41, 5.74) is 0.758. The first-order valence-electron chi connectivity index (χ1n) is 9.40. The van der Waals surface area contributed by atoms with Gasteiger partial charge in [-0.1, -0.05) is 6.42 Å². The molecule has 0 bridgehead atoms. The molecule has 0 N–H and O–H groups in total. The summed E-state index contributed by atoms with van der Waals surface area (Å²) in [6.07, 6.45) is 6.52. The number of carbonyl (C=O) groups is 1. The van der Waals surface area contributed by atoms with Crippen LogP contribution >= 0.6 is 0 Å². The van der Waals surface area contributed by atoms with Crippen molar-refractivity contribution in [3.63, 3.8) is 0 Å². The highest BCUT2D eigenvalue weighted by molar-refractivity contribution is 5.94. The molecule has 2 aliphatic rings. The molecule has 0 spiro atoms. The molecular formula is C20H30N2O2. The van der Waals surface area contributed by atoms with E-state index < -0.39 is 0 Å². The number of ether oxygens (including phenoxy) is 1. The van der Waals surface area contributed by atoms with Crippen molar-refractivity contribution >= 4 is 5.91 Å². The third kappa shape index (κ3) is 3.75. The predicted octanol–water partition coefficient (Wildman–Crippen LogP) is 3.42. The van der Waals surface area contributed by atoms with E-state index in [1.807, 2.05) is 29.2 Å². The molecule has 2 fully saturated rings. The number of carbonyl (C=O) groups excluding carboxylic acids is 1. The summed E-state index contributed by atoms with van der Waals surface area (Å²) in [5, 5.41) is 0. The van der Waals surface area contributed by atoms with Crippen LogP contribution in [0, 0.1) is 5.92 Å². The lowest BCUT2D eigenvalue weighted by Crippen LogP contribution is -2.51. The Hall–Kier alpha value is -1.55. The van der Waals surface area contributed by atoms with Gasteiger partial charge in [-0.3, -0.25) is 4.79 Å². The van der Waals surface area contributed by atoms with Crippen LogP contribution in [0.5, 0.6) is 5.75 Å². The van der Waals surface area contributed by atoms with Crippen LogP contribution < -0.4 is 4.74 Å². The third-order valence-electron chi connectivity index (χ3n) is 5.69. The molecule has 2 heterocycles. The zero-order chi connectivity index (χ0) is 16.9. The molecule has 3 rings (SSSR count). The SMILES string of the molecule is CCN(CC1CCCN2CCCC[C@H]12)C(=O)c1ccc(OC)cc1. The average Bonchev–Trinajstić information content (AvgIpc) is 2.65. The quantitative estimate of drug-likeness (QED) is 0.829. The van der Waals surface area contributed by atoms with E-state index in [0.29, 0.717) is 12.0 Å². The summed E-state index contributed by atoms with van der Waals surface area (Å²) in [5.74, 6) is 1.56. The Kier molecular flexibility index (Phi) is 5.77. The minimum absolute atomic E-state index is 0.146. The van der Waals surface area contributed by atoms with Gasteiger partial charge in [0.1, 0.15) is 5.75 Å². The Balaban J connectivity index is 1.67. The van der Waals surface area contributed by atoms with Crippen molar-refractivity contribution in [1.82, 2.24) is 9.80 Å². The van der Waals surface area contributed by atoms with Gasteiger partial charge in [-0.2, -0.15) is 0 Å². The van der Waals surface area contributed by atoms with Crippen molar-refractivity contribution in [2.45, 2.75) is 45.1 Å². The first kappa shape index (κ1) is 17.3. The van der Waals surface area contributed by atoms with Crippen LogP contribution in [-0.4, -0.2) is 55.0 Å². The molecule has 0 aliphatic carbocycles. The van der Waals surface area contributed by atoms with Gasteiger partial charge in [0, 0.05) is 24.7 Å². The maximum atomic E-state index is 12.9. The van der Waals surface area contributed by atoms with Crippen molar-refractivity contribution in [1.29, 1.82) is 0 Å². The van der Waals surface area contributed by atoms with Crippen molar-refractivity contribution in [2.75, 3.05) is 33.3 Å². The average molecular weight is 330 g/mol. The number of nitrogens with zero attached hydrogens (tertiary/aromatic N) is 2. The van der Waals surface area contributed by atoms with Gasteiger partial charge in [-0.15, -0.1) is 0 Å². The van der Waals surface area contributed by atoms with Crippen LogP contribution in [-0.2, 0) is 0 Å². The maximum Gasteiger partial charge on any atom is 0.253 e. The maximum absolute atomic E-state index is 12.9. The normalized spacial score (nSPS) is 24.2. The van der Waals surface area contributed by atoms with E-state index in [-0.39, 0.29) is 5.91 Å². The van der Waals surface area contributed by atoms with E-state index in [1.165, 1.54) is 45.2 Å². The number of rotatable bonds is 5. The standard InChI is InChI=1S/C20H30N2O2/c1-3-21(20(23)16-9-11-18(24-2)12-10-16)15-17-7-6-14-22-13-5-4-8-19(17)22/h9-12,17,19H,3-8,13-15H2,1-2H3/t17?,19-/m1/s1. The fourth-order valence-electron chi connectivity index (χ4n) is 4.35. The lowest BCUT2D eigenvalue weighted by atomic mass is 9.83. The number of benzene rings is 1. The molecule has 1 aromatic carbocycles. The van der Waals surface area contributed by atoms with Crippen molar-refractivity contribution in [3.8, 4) is 5.75 Å². The molecule has 0 saturated carbocycles. The molecule has 132 valence electrons. The monoisotopic (exact) mass is 330 g/mol. The van der Waals surface area contributed by atoms with Crippen molar-refractivity contribution in [3.05, 3.63) is 29.8 Å². The second kappa shape index (κ2) is 8.02. The number of piperidine rings is 2. The van der Waals surface area contributed by atoms with Gasteiger partial charge >= 0.3 is 0 Å². The van der Waals surface area contributed by atoms with E-state index in [0.717, 1.165) is 24.4 Å². The number of amides is 1. The highest BCUT2D eigenvalue weighted by Gasteiger charge is 2.34. The second-order valence-corrected chi connectivity index (χ2v) is 7.07. The first-order chi connectivity index (χ1) is 11.7. The molecule has 1 amide bonds. The van der Waals surface area contributed by atoms with Gasteiger partial charge in [0.25, 0.3) is 5.91 Å². The molecule has 2 saturated heterocycles. The van der Waals surface area contributed by atoms with Gasteiger partial charge in [0.05, 0.1) is 7.11 Å². The summed E-state index contributed by atoms with van der Waals surface area (Å²) >= 11 is 0. The van der Waals surface area contributed by atoms with Crippen molar-refractivity contribution < 1.29 is 9.53 Å². The van der Waals surface area contributed by atoms with Crippen LogP contribution in [0.25, 0.3) is 0 Å². The molecule has 0 radical (unpaired) electrons. The van der Waals surface area contributed by atoms with Gasteiger partial charge < -0.3 is 14.5 Å². The summed E-state index contributed by atoms with van der Waals surface area (Å²) in [6.45, 7) is 6.25. The molecule has 1 aromatic rings. The molecule has 0 aromatic heterocycles. The van der Waals surface area contributed by atoms with Gasteiger partial charge in [-0.05, 0) is 75.9 Å². The van der Waals surface area contributed by atoms with Gasteiger partial charge in [0.15, 0.2) is 0 Å². The zero-order valence-electron chi connectivity index (χ0n) is 15.0. The lowest BCUT2D eigenvalue weighted by Gasteiger charge is -2.45. The lowest BCUT2D eigenvalue weighted by molar-refractivity contribution is 0.0370. The summed E-state index contributed by atoms with van der Waals surface area (Å²) in [6, 6.07) is 8.16. The van der Waals surface area contributed by atoms with E-state index >= 15 is 0 Å². The Bertz CT molecular complexity index is 541. The van der Waals surface area contributed by atoms with Gasteiger partial charge in [-0.25, -0.2) is 0 Å². The Morgan fingerprint density at radius 3 is 2.62 bits per heavy atom. The van der Waals surface area contributed by atoms with E-state index in [9.17, 15) is 4.79 Å². The zero-order valence-corrected chi connectivity index (χ0v) is 15.0. The molecule has 24 heavy (non-hydrogen) atoms. The first-order valence-corrected chi connectivity index (χ1v) is 9.40. The fourth-order valence-corrected chi connectivity index (χ4v) is 4.35. The fraction of sp³-hybridized carbons (Fsp3) is 0.650. The van der Waals surface area contributed by atoms with Crippen molar-refractivity contribution in [2.24, 2.45) is 5.92 Å². The Morgan fingerprint density at radius 2 is 1.92 bits per heavy atom. The number of fused-ring (bicyclic) bond motifs is 1. The Labute approximate surface area is 145 Å². The second-order valence-electron chi connectivity index (χ2n) is 7.07. The van der Waals surface area contributed by atoms with Crippen LogP contribution in [0.2, 0.25) is 0 Å². The van der Waals surface area contributed by atoms with Crippen LogP contribution in [0.4, 0.5) is 0 Å². The van der Waals surface area contributed by atoms with E-state index in [1.54, 1.807) is 7.11 Å². The summed E-state index contributed by atoms with van der Waals surface area (Å²) in [7, 11) is 1.65. The van der Waals surface area contributed by atoms with E-state index in [2.05, 4.69) is 11.8 Å². The minimum Gasteiger partial charge on any atom is -0.497 e. The molecule has 2 atom stereocenters. The topological polar surface area (TPSA) is 32.8 Å². The number of hydrogen-bond acceptors (Lipinski definition) is 3. The van der Waals surface area contributed by atoms with E-state index in [4.69, 9.17) is 4.74 Å². The summed E-state index contributed by atoms with van der Waals surface area (Å²) in [4.78, 5) is 17.6. The van der Waals surface area contributed by atoms with Crippen LogP contribution in [0.1, 0.15) is 49.4 Å². The number of hydrogen-bond donors (Lipinski definition) is 0. The summed E-state index contributed by atoms with van der Waals surface area (Å²) < 4.78 is 5.19. The highest BCUT2D eigenvalue weighted by atomic mass is 16.5. The molecular weight excluding hydrogens is 300 g/mol. The molecule has 4 heteroatoms. The van der Waals surface area contributed by atoms with Crippen LogP contribution in [0.3, 0.4) is 0 Å². The molecule has 1 unspecified atom stereocenters. The molecule has 4 nitrogen and oxygen atoms in total. The smallest absolute Gasteiger partial charge is 0.253 e. The third-order valence-corrected chi connectivity index (χ3v) is 5.69. The van der Waals surface area contributed by atoms with Crippen LogP contribution in [0.15, 0.2) is 24.3 Å². The Morgan fingerprint density at radius 1 is 1.17 bits per heavy atom. The van der Waals surface area contributed by atoms with Gasteiger partial charge in [0.2, 0.25) is 0 Å². The molecule has 2 aliphatic heterocycles. The largest absolute Gasteiger partial charge is 0.497 e. The predicted molar refractivity (Wildman–Crippen MR) is 96.5 cm³/mol. The number of methoxy groups -OCH3 is 1. The minimum atomic E-state index is 0.146.